The van der Waals surface area contributed by atoms with Gasteiger partial charge in [0.25, 0.3) is 0 Å². The first-order valence-corrected chi connectivity index (χ1v) is 38.0. The zero-order valence-electron chi connectivity index (χ0n) is 59.5. The van der Waals surface area contributed by atoms with Crippen molar-refractivity contribution >= 4 is 5.91 Å². The number of allylic oxidation sites excluding steroid dienone is 15. The lowest BCUT2D eigenvalue weighted by molar-refractivity contribution is -0.379. The maximum Gasteiger partial charge on any atom is 0.220 e. The molecule has 1 amide bonds. The highest BCUT2D eigenvalue weighted by Gasteiger charge is 2.53. The molecule has 19 heteroatoms. The minimum Gasteiger partial charge on any atom is -0.394 e. The average Bonchev–Trinajstić information content (AvgIpc) is 0.845. The van der Waals surface area contributed by atoms with Gasteiger partial charge in [-0.25, -0.2) is 0 Å². The Kier molecular flexibility index (Phi) is 52.8. The Hall–Kier alpha value is -3.29. The summed E-state index contributed by atoms with van der Waals surface area (Å²) < 4.78 is 34.4. The Morgan fingerprint density at radius 2 is 0.711 bits per heavy atom. The van der Waals surface area contributed by atoms with Gasteiger partial charge < -0.3 is 89.9 Å². The van der Waals surface area contributed by atoms with Crippen LogP contribution in [0.2, 0.25) is 0 Å². The molecule has 0 radical (unpaired) electrons. The van der Waals surface area contributed by atoms with Crippen molar-refractivity contribution in [1.29, 1.82) is 0 Å². The zero-order valence-corrected chi connectivity index (χ0v) is 59.5. The van der Waals surface area contributed by atoms with Crippen molar-refractivity contribution in [3.05, 3.63) is 97.2 Å². The zero-order chi connectivity index (χ0) is 70.4. The summed E-state index contributed by atoms with van der Waals surface area (Å²) >= 11 is 0. The molecule has 560 valence electrons. The molecular formula is C78H135NO18. The normalized spacial score (nSPS) is 27.5. The highest BCUT2D eigenvalue weighted by atomic mass is 16.8. The van der Waals surface area contributed by atoms with Crippen molar-refractivity contribution in [1.82, 2.24) is 5.32 Å². The van der Waals surface area contributed by atoms with Crippen LogP contribution in [0.25, 0.3) is 0 Å². The van der Waals surface area contributed by atoms with E-state index in [-0.39, 0.29) is 18.9 Å². The molecular weight excluding hydrogens is 1240 g/mol. The summed E-state index contributed by atoms with van der Waals surface area (Å²) in [4.78, 5) is 13.5. The van der Waals surface area contributed by atoms with Gasteiger partial charge in [-0.05, 0) is 77.0 Å². The number of carbonyl (C=O) groups is 1. The van der Waals surface area contributed by atoms with Gasteiger partial charge in [0, 0.05) is 6.42 Å². The predicted molar refractivity (Wildman–Crippen MR) is 383 cm³/mol. The van der Waals surface area contributed by atoms with Crippen molar-refractivity contribution in [2.75, 3.05) is 26.4 Å². The van der Waals surface area contributed by atoms with Gasteiger partial charge >= 0.3 is 0 Å². The monoisotopic (exact) mass is 1370 g/mol. The van der Waals surface area contributed by atoms with Crippen molar-refractivity contribution in [3.63, 3.8) is 0 Å². The van der Waals surface area contributed by atoms with Crippen LogP contribution in [-0.2, 0) is 33.2 Å². The number of carbonyl (C=O) groups excluding carboxylic acids is 1. The Labute approximate surface area is 583 Å². The highest BCUT2D eigenvalue weighted by molar-refractivity contribution is 5.76. The summed E-state index contributed by atoms with van der Waals surface area (Å²) in [6, 6.07) is -0.981. The molecule has 0 aromatic heterocycles. The van der Waals surface area contributed by atoms with E-state index in [9.17, 15) is 61.0 Å². The van der Waals surface area contributed by atoms with Crippen LogP contribution in [0.3, 0.4) is 0 Å². The molecule has 3 rings (SSSR count). The van der Waals surface area contributed by atoms with E-state index in [0.717, 1.165) is 103 Å². The van der Waals surface area contributed by atoms with Gasteiger partial charge in [-0.15, -0.1) is 0 Å². The molecule has 12 N–H and O–H groups in total. The molecule has 0 aromatic rings. The van der Waals surface area contributed by atoms with Gasteiger partial charge in [-0.1, -0.05) is 272 Å². The molecule has 19 nitrogen and oxygen atoms in total. The van der Waals surface area contributed by atoms with Gasteiger partial charge in [0.2, 0.25) is 5.91 Å². The Balaban J connectivity index is 1.39. The van der Waals surface area contributed by atoms with Gasteiger partial charge in [-0.2, -0.15) is 0 Å². The smallest absolute Gasteiger partial charge is 0.220 e. The lowest BCUT2D eigenvalue weighted by atomic mass is 9.96. The molecule has 3 aliphatic heterocycles. The first-order valence-electron chi connectivity index (χ1n) is 38.0. The van der Waals surface area contributed by atoms with Crippen LogP contribution < -0.4 is 5.32 Å². The van der Waals surface area contributed by atoms with Gasteiger partial charge in [0.15, 0.2) is 18.9 Å². The summed E-state index contributed by atoms with van der Waals surface area (Å²) in [6.45, 7) is 1.63. The molecule has 0 bridgehead atoms. The molecule has 3 saturated heterocycles. The number of amides is 1. The fourth-order valence-corrected chi connectivity index (χ4v) is 12.3. The molecule has 97 heavy (non-hydrogen) atoms. The van der Waals surface area contributed by atoms with E-state index in [0.29, 0.717) is 6.42 Å². The third-order valence-electron chi connectivity index (χ3n) is 18.4. The molecule has 17 unspecified atom stereocenters. The number of nitrogens with one attached hydrogen (secondary N) is 1. The average molecular weight is 1370 g/mol. The van der Waals surface area contributed by atoms with E-state index in [2.05, 4.69) is 104 Å². The summed E-state index contributed by atoms with van der Waals surface area (Å²) in [7, 11) is 0. The number of rotatable bonds is 58. The second-order valence-corrected chi connectivity index (χ2v) is 26.7. The van der Waals surface area contributed by atoms with Gasteiger partial charge in [0.1, 0.15) is 73.2 Å². The second-order valence-electron chi connectivity index (χ2n) is 26.7. The second kappa shape index (κ2) is 58.2. The summed E-state index contributed by atoms with van der Waals surface area (Å²) in [5.74, 6) is -0.281. The molecule has 3 heterocycles. The van der Waals surface area contributed by atoms with Crippen LogP contribution >= 0.6 is 0 Å². The van der Waals surface area contributed by atoms with Crippen molar-refractivity contribution < 1.29 is 89.4 Å². The number of hydrogen-bond acceptors (Lipinski definition) is 18. The minimum atomic E-state index is -1.98. The first-order chi connectivity index (χ1) is 47.3. The fraction of sp³-hybridized carbons (Fsp3) is 0.782. The maximum absolute atomic E-state index is 13.5. The van der Waals surface area contributed by atoms with Crippen molar-refractivity contribution in [3.8, 4) is 0 Å². The summed E-state index contributed by atoms with van der Waals surface area (Å²) in [5.41, 5.74) is 0. The van der Waals surface area contributed by atoms with E-state index in [1.54, 1.807) is 6.08 Å². The summed E-state index contributed by atoms with van der Waals surface area (Å²) in [6.07, 6.45) is 50.9. The lowest BCUT2D eigenvalue weighted by Gasteiger charge is -2.48. The minimum absolute atomic E-state index is 0.234. The van der Waals surface area contributed by atoms with Crippen LogP contribution in [0.4, 0.5) is 0 Å². The van der Waals surface area contributed by atoms with Gasteiger partial charge in [-0.3, -0.25) is 4.79 Å². The summed E-state index contributed by atoms with van der Waals surface area (Å²) in [5, 5.41) is 121. The van der Waals surface area contributed by atoms with E-state index in [1.165, 1.54) is 128 Å². The van der Waals surface area contributed by atoms with E-state index in [1.807, 2.05) is 6.08 Å². The molecule has 3 fully saturated rings. The predicted octanol–water partition coefficient (Wildman–Crippen LogP) is 11.6. The van der Waals surface area contributed by atoms with Crippen LogP contribution in [-0.4, -0.2) is 193 Å². The highest BCUT2D eigenvalue weighted by Crippen LogP contribution is 2.33. The standard InChI is InChI=1S/C78H135NO18/c1-3-5-7-9-11-13-15-17-19-21-23-24-25-26-27-28-29-30-31-32-33-34-35-36-38-40-42-44-46-48-50-52-54-56-66(84)79-61(62(83)55-53-51-49-47-45-43-41-39-37-22-20-18-16-14-12-10-8-6-4-2)60-92-76-72(90)69(87)74(64(58-81)94-76)97-78-73(91)70(88)75(65(59-82)95-78)96-77-71(89)68(86)67(85)63(57-80)93-77/h5,7,11,13,17,19,23-24,26-27,29-30,32-33,53,55,61-65,67-78,80-83,85-91H,3-4,6,8-10,12,14-16,18,20-22,25,28,31,34-52,54,56-60H2,1-2H3,(H,79,84)/b7-5-,13-11-,19-17-,24-23-,27-26-,30-29-,33-32-,55-53+. The SMILES string of the molecule is CC/C=C\C/C=C\C/C=C\C/C=C\C/C=C\C/C=C\C/C=C\CCCCCCCCCCCCCC(=O)NC(COC1OC(CO)C(OC2OC(CO)C(OC3OC(CO)C(O)C(O)C3O)C(O)C2O)C(O)C1O)C(O)/C=C/CCCCCCCCCCCCCCCCCCC. The molecule has 3 aliphatic rings. The number of hydrogen-bond donors (Lipinski definition) is 12. The third kappa shape index (κ3) is 39.1. The third-order valence-corrected chi connectivity index (χ3v) is 18.4. The van der Waals surface area contributed by atoms with Crippen molar-refractivity contribution in [2.45, 2.75) is 362 Å². The molecule has 0 aliphatic carbocycles. The fourth-order valence-electron chi connectivity index (χ4n) is 12.3. The number of unbranched alkanes of at least 4 members (excludes halogenated alkanes) is 28. The van der Waals surface area contributed by atoms with E-state index < -0.39 is 124 Å². The Morgan fingerprint density at radius 1 is 0.381 bits per heavy atom. The number of aliphatic hydroxyl groups excluding tert-OH is 11. The topological polar surface area (TPSA) is 307 Å². The lowest BCUT2D eigenvalue weighted by Crippen LogP contribution is -2.66. The van der Waals surface area contributed by atoms with Crippen LogP contribution in [0.15, 0.2) is 97.2 Å². The molecule has 17 atom stereocenters. The molecule has 0 spiro atoms. The largest absolute Gasteiger partial charge is 0.394 e. The van der Waals surface area contributed by atoms with Crippen LogP contribution in [0.1, 0.15) is 258 Å². The van der Waals surface area contributed by atoms with Crippen LogP contribution in [0, 0.1) is 0 Å². The van der Waals surface area contributed by atoms with Crippen molar-refractivity contribution in [2.24, 2.45) is 0 Å². The molecule has 0 aromatic carbocycles. The van der Waals surface area contributed by atoms with E-state index >= 15 is 0 Å². The van der Waals surface area contributed by atoms with Gasteiger partial charge in [0.05, 0.1) is 38.6 Å². The van der Waals surface area contributed by atoms with Crippen LogP contribution in [0.5, 0.6) is 0 Å². The quantitative estimate of drug-likeness (QED) is 0.0199. The number of aliphatic hydroxyl groups is 11. The molecule has 0 saturated carbocycles. The number of ether oxygens (including phenoxy) is 6. The Bertz CT molecular complexity index is 2130. The Morgan fingerprint density at radius 3 is 1.11 bits per heavy atom. The van der Waals surface area contributed by atoms with E-state index in [4.69, 9.17) is 28.4 Å². The first kappa shape index (κ1) is 87.9. The maximum atomic E-state index is 13.5.